The van der Waals surface area contributed by atoms with Crippen LogP contribution in [-0.4, -0.2) is 37.2 Å². The topological polar surface area (TPSA) is 78.9 Å². The van der Waals surface area contributed by atoms with Gasteiger partial charge >= 0.3 is 17.9 Å². The van der Waals surface area contributed by atoms with E-state index in [2.05, 4.69) is 167 Å². The van der Waals surface area contributed by atoms with Gasteiger partial charge in [0.15, 0.2) is 6.10 Å². The van der Waals surface area contributed by atoms with E-state index in [4.69, 9.17) is 14.2 Å². The van der Waals surface area contributed by atoms with Crippen LogP contribution in [0.2, 0.25) is 0 Å². The van der Waals surface area contributed by atoms with E-state index in [1.807, 2.05) is 0 Å². The molecule has 0 N–H and O–H groups in total. The number of carbonyl (C=O) groups is 3. The molecule has 0 aliphatic rings. The second-order valence-electron chi connectivity index (χ2n) is 21.6. The molecule has 0 radical (unpaired) electrons. The molecule has 0 amide bonds. The zero-order chi connectivity index (χ0) is 58.5. The summed E-state index contributed by atoms with van der Waals surface area (Å²) >= 11 is 0. The van der Waals surface area contributed by atoms with Crippen LogP contribution in [0.5, 0.6) is 0 Å². The summed E-state index contributed by atoms with van der Waals surface area (Å²) in [4.78, 5) is 38.4. The average Bonchev–Trinajstić information content (AvgIpc) is 3.47. The Kier molecular flexibility index (Phi) is 63.9. The summed E-state index contributed by atoms with van der Waals surface area (Å²) < 4.78 is 16.9. The molecule has 0 bridgehead atoms. The molecule has 6 heteroatoms. The van der Waals surface area contributed by atoms with Crippen molar-refractivity contribution in [3.05, 3.63) is 146 Å². The number of ether oxygens (including phenoxy) is 3. The normalized spacial score (nSPS) is 13.1. The first-order valence-corrected chi connectivity index (χ1v) is 33.3. The smallest absolute Gasteiger partial charge is 0.306 e. The standard InChI is InChI=1S/C75H122O6/c1-4-7-10-13-16-19-22-25-28-31-32-33-34-35-36-37-38-39-40-41-42-45-47-50-53-56-59-62-65-68-74(77)80-71-72(81-75(78)69-66-63-60-57-54-51-48-44-30-27-24-21-18-15-12-9-6-3)70-79-73(76)67-64-61-58-55-52-49-46-43-29-26-23-20-17-14-11-8-5-2/h7,9-10,12,16,18-19,21,25-30,32-33,35-36,38-39,41-42,47,50,72H,4-6,8,11,13-15,17,20,22-24,31,34,37,40,43-46,48-49,51-71H2,1-3H3/b10-7-,12-9-,19-16-,21-18-,28-25-,29-26-,30-27-,33-32-,36-35-,39-38-,42-41-,50-47-. The van der Waals surface area contributed by atoms with Crippen LogP contribution in [0.4, 0.5) is 0 Å². The highest BCUT2D eigenvalue weighted by Crippen LogP contribution is 2.15. The van der Waals surface area contributed by atoms with Gasteiger partial charge in [0.05, 0.1) is 0 Å². The summed E-state index contributed by atoms with van der Waals surface area (Å²) in [6.07, 6.45) is 97.1. The van der Waals surface area contributed by atoms with E-state index in [1.54, 1.807) is 0 Å². The van der Waals surface area contributed by atoms with Gasteiger partial charge in [-0.1, -0.05) is 276 Å². The molecule has 1 atom stereocenters. The van der Waals surface area contributed by atoms with Crippen LogP contribution in [0.15, 0.2) is 146 Å². The Hall–Kier alpha value is -4.71. The molecule has 81 heavy (non-hydrogen) atoms. The molecule has 0 rings (SSSR count). The van der Waals surface area contributed by atoms with Crippen LogP contribution in [0, 0.1) is 0 Å². The molecule has 0 aromatic heterocycles. The van der Waals surface area contributed by atoms with Gasteiger partial charge in [0, 0.05) is 19.3 Å². The lowest BCUT2D eigenvalue weighted by atomic mass is 10.1. The van der Waals surface area contributed by atoms with Crippen molar-refractivity contribution in [1.29, 1.82) is 0 Å². The third kappa shape index (κ3) is 66.0. The van der Waals surface area contributed by atoms with E-state index >= 15 is 0 Å². The van der Waals surface area contributed by atoms with Crippen molar-refractivity contribution in [3.63, 3.8) is 0 Å². The maximum absolute atomic E-state index is 12.9. The predicted molar refractivity (Wildman–Crippen MR) is 352 cm³/mol. The molecule has 6 nitrogen and oxygen atoms in total. The number of hydrogen-bond donors (Lipinski definition) is 0. The fourth-order valence-electron chi connectivity index (χ4n) is 8.88. The minimum atomic E-state index is -0.804. The fourth-order valence-corrected chi connectivity index (χ4v) is 8.88. The molecule has 0 aromatic carbocycles. The lowest BCUT2D eigenvalue weighted by Crippen LogP contribution is -2.30. The van der Waals surface area contributed by atoms with Gasteiger partial charge in [-0.15, -0.1) is 0 Å². The van der Waals surface area contributed by atoms with Crippen molar-refractivity contribution in [2.75, 3.05) is 13.2 Å². The van der Waals surface area contributed by atoms with Gasteiger partial charge in [-0.05, 0) is 141 Å². The van der Waals surface area contributed by atoms with Gasteiger partial charge < -0.3 is 14.2 Å². The van der Waals surface area contributed by atoms with Gasteiger partial charge in [-0.25, -0.2) is 0 Å². The third-order valence-corrected chi connectivity index (χ3v) is 13.8. The highest BCUT2D eigenvalue weighted by Gasteiger charge is 2.19. The van der Waals surface area contributed by atoms with Crippen molar-refractivity contribution in [2.45, 2.75) is 297 Å². The first-order valence-electron chi connectivity index (χ1n) is 33.3. The van der Waals surface area contributed by atoms with E-state index in [-0.39, 0.29) is 31.1 Å². The summed E-state index contributed by atoms with van der Waals surface area (Å²) in [5.74, 6) is -0.934. The lowest BCUT2D eigenvalue weighted by Gasteiger charge is -2.18. The van der Waals surface area contributed by atoms with Crippen molar-refractivity contribution in [1.82, 2.24) is 0 Å². The Morgan fingerprint density at radius 1 is 0.259 bits per heavy atom. The van der Waals surface area contributed by atoms with E-state index in [0.29, 0.717) is 19.3 Å². The van der Waals surface area contributed by atoms with Crippen LogP contribution in [0.25, 0.3) is 0 Å². The first-order chi connectivity index (χ1) is 40.0. The minimum absolute atomic E-state index is 0.0966. The summed E-state index contributed by atoms with van der Waals surface area (Å²) in [6.45, 7) is 6.39. The number of allylic oxidation sites excluding steroid dienone is 24. The number of hydrogen-bond acceptors (Lipinski definition) is 6. The molecule has 0 aliphatic carbocycles. The van der Waals surface area contributed by atoms with Crippen LogP contribution < -0.4 is 0 Å². The highest BCUT2D eigenvalue weighted by atomic mass is 16.6. The zero-order valence-electron chi connectivity index (χ0n) is 52.5. The van der Waals surface area contributed by atoms with E-state index in [1.165, 1.54) is 103 Å². The van der Waals surface area contributed by atoms with Crippen molar-refractivity contribution in [2.24, 2.45) is 0 Å². The molecular weight excluding hydrogens is 997 g/mol. The van der Waals surface area contributed by atoms with Crippen LogP contribution in [0.1, 0.15) is 290 Å². The second-order valence-corrected chi connectivity index (χ2v) is 21.6. The first kappa shape index (κ1) is 76.3. The van der Waals surface area contributed by atoms with Gasteiger partial charge in [-0.2, -0.15) is 0 Å². The number of esters is 3. The van der Waals surface area contributed by atoms with Gasteiger partial charge in [0.25, 0.3) is 0 Å². The van der Waals surface area contributed by atoms with E-state index < -0.39 is 6.10 Å². The summed E-state index contributed by atoms with van der Waals surface area (Å²) in [6, 6.07) is 0. The molecule has 0 aliphatic heterocycles. The predicted octanol–water partition coefficient (Wildman–Crippen LogP) is 23.1. The van der Waals surface area contributed by atoms with Crippen LogP contribution >= 0.6 is 0 Å². The van der Waals surface area contributed by atoms with Crippen LogP contribution in [-0.2, 0) is 28.6 Å². The van der Waals surface area contributed by atoms with Crippen molar-refractivity contribution in [3.8, 4) is 0 Å². The second kappa shape index (κ2) is 67.8. The molecule has 0 saturated carbocycles. The Labute approximate surface area is 499 Å². The van der Waals surface area contributed by atoms with Gasteiger partial charge in [0.2, 0.25) is 0 Å². The highest BCUT2D eigenvalue weighted by molar-refractivity contribution is 5.71. The number of unbranched alkanes of at least 4 members (excludes halogenated alkanes) is 24. The third-order valence-electron chi connectivity index (χ3n) is 13.8. The molecule has 458 valence electrons. The van der Waals surface area contributed by atoms with Crippen LogP contribution in [0.3, 0.4) is 0 Å². The maximum atomic E-state index is 12.9. The maximum Gasteiger partial charge on any atom is 0.306 e. The van der Waals surface area contributed by atoms with E-state index in [0.717, 1.165) is 148 Å². The zero-order valence-corrected chi connectivity index (χ0v) is 52.5. The summed E-state index contributed by atoms with van der Waals surface area (Å²) in [5, 5.41) is 0. The SMILES string of the molecule is CC/C=C\C/C=C\C/C=C\C/C=C\C/C=C\C/C=C\C/C=C\C/C=C\CCCCCCC(=O)OCC(COC(=O)CCCCCCCCC/C=C\CCCCCCCC)OC(=O)CCCCCCCCC/C=C\C/C=C\C/C=C\CC. The Balaban J connectivity index is 4.44. The fraction of sp³-hybridized carbons (Fsp3) is 0.640. The minimum Gasteiger partial charge on any atom is -0.462 e. The molecule has 0 saturated heterocycles. The van der Waals surface area contributed by atoms with Gasteiger partial charge in [0.1, 0.15) is 13.2 Å². The quantitative estimate of drug-likeness (QED) is 0.0261. The van der Waals surface area contributed by atoms with Crippen molar-refractivity contribution < 1.29 is 28.6 Å². The monoisotopic (exact) mass is 1120 g/mol. The number of rotatable bonds is 59. The van der Waals surface area contributed by atoms with Crippen molar-refractivity contribution >= 4 is 17.9 Å². The largest absolute Gasteiger partial charge is 0.462 e. The molecule has 0 fully saturated rings. The van der Waals surface area contributed by atoms with Gasteiger partial charge in [-0.3, -0.25) is 14.4 Å². The Morgan fingerprint density at radius 3 is 0.765 bits per heavy atom. The lowest BCUT2D eigenvalue weighted by molar-refractivity contribution is -0.167. The average molecular weight is 1120 g/mol. The molecular formula is C75H122O6. The number of carbonyl (C=O) groups excluding carboxylic acids is 3. The molecule has 0 aromatic rings. The Bertz CT molecular complexity index is 1760. The molecule has 0 heterocycles. The Morgan fingerprint density at radius 2 is 0.481 bits per heavy atom. The van der Waals surface area contributed by atoms with E-state index in [9.17, 15) is 14.4 Å². The summed E-state index contributed by atoms with van der Waals surface area (Å²) in [5.41, 5.74) is 0. The molecule has 1 unspecified atom stereocenters. The summed E-state index contributed by atoms with van der Waals surface area (Å²) in [7, 11) is 0. The molecule has 0 spiro atoms.